The van der Waals surface area contributed by atoms with Gasteiger partial charge < -0.3 is 19.0 Å². The Labute approximate surface area is 224 Å². The van der Waals surface area contributed by atoms with E-state index in [-0.39, 0.29) is 11.3 Å². The highest BCUT2D eigenvalue weighted by Gasteiger charge is 2.46. The summed E-state index contributed by atoms with van der Waals surface area (Å²) in [5, 5.41) is 11.4. The number of furan rings is 1. The zero-order valence-electron chi connectivity index (χ0n) is 21.6. The molecule has 196 valence electrons. The van der Waals surface area contributed by atoms with Gasteiger partial charge in [-0.3, -0.25) is 14.5 Å². The molecule has 2 aromatic heterocycles. The number of benzene rings is 2. The number of hydrogen-bond acceptors (Lipinski definition) is 8. The zero-order chi connectivity index (χ0) is 27.0. The largest absolute Gasteiger partial charge is 0.503 e. The van der Waals surface area contributed by atoms with Gasteiger partial charge in [-0.1, -0.05) is 37.3 Å². The van der Waals surface area contributed by atoms with E-state index < -0.39 is 23.5 Å². The van der Waals surface area contributed by atoms with Crippen molar-refractivity contribution in [2.75, 3.05) is 18.6 Å². The molecule has 0 saturated heterocycles. The summed E-state index contributed by atoms with van der Waals surface area (Å²) in [4.78, 5) is 33.0. The second-order valence-electron chi connectivity index (χ2n) is 9.56. The van der Waals surface area contributed by atoms with Gasteiger partial charge in [-0.2, -0.15) is 0 Å². The summed E-state index contributed by atoms with van der Waals surface area (Å²) in [6, 6.07) is 13.2. The first-order chi connectivity index (χ1) is 18.3. The molecule has 38 heavy (non-hydrogen) atoms. The summed E-state index contributed by atoms with van der Waals surface area (Å²) in [7, 11) is 1.53. The molecule has 2 aromatic carbocycles. The van der Waals surface area contributed by atoms with Gasteiger partial charge in [-0.15, -0.1) is 0 Å². The molecule has 0 spiro atoms. The van der Waals surface area contributed by atoms with E-state index in [4.69, 9.17) is 13.9 Å². The van der Waals surface area contributed by atoms with Crippen LogP contribution in [0.4, 0.5) is 5.13 Å². The Morgan fingerprint density at radius 2 is 2.00 bits per heavy atom. The molecule has 0 radical (unpaired) electrons. The van der Waals surface area contributed by atoms with Crippen LogP contribution in [0.2, 0.25) is 0 Å². The third kappa shape index (κ3) is 4.65. The summed E-state index contributed by atoms with van der Waals surface area (Å²) in [5.74, 6) is -0.419. The maximum atomic E-state index is 13.5. The number of carbonyl (C=O) groups is 2. The number of ether oxygens (including phenoxy) is 2. The molecule has 1 aliphatic rings. The number of anilines is 1. The summed E-state index contributed by atoms with van der Waals surface area (Å²) in [6.45, 7) is 6.74. The van der Waals surface area contributed by atoms with Gasteiger partial charge in [0.15, 0.2) is 28.1 Å². The minimum atomic E-state index is -0.958. The number of amides is 1. The molecule has 1 amide bonds. The molecule has 0 saturated carbocycles. The molecule has 1 unspecified atom stereocenters. The second-order valence-corrected chi connectivity index (χ2v) is 10.6. The van der Waals surface area contributed by atoms with E-state index >= 15 is 0 Å². The fourth-order valence-corrected chi connectivity index (χ4v) is 5.48. The van der Waals surface area contributed by atoms with E-state index in [2.05, 4.69) is 18.8 Å². The van der Waals surface area contributed by atoms with E-state index in [1.807, 2.05) is 25.1 Å². The first-order valence-corrected chi connectivity index (χ1v) is 13.1. The standard InChI is InChI=1S/C29H28N2O6S/c1-16(2)11-13-37-20-10-8-18(15-22(20)35-4)25-24(26(32)21-6-5-12-36-21)27(33)28(34)31(25)29-30-19-9-7-17(3)14-23(19)38-29/h5-10,12,14-16,25,33H,11,13H2,1-4H3. The van der Waals surface area contributed by atoms with Crippen molar-refractivity contribution in [3.63, 3.8) is 0 Å². The monoisotopic (exact) mass is 532 g/mol. The molecule has 3 heterocycles. The minimum absolute atomic E-state index is 0.0201. The fourth-order valence-electron chi connectivity index (χ4n) is 4.39. The highest BCUT2D eigenvalue weighted by Crippen LogP contribution is 2.45. The van der Waals surface area contributed by atoms with Gasteiger partial charge in [0, 0.05) is 0 Å². The van der Waals surface area contributed by atoms with E-state index in [1.165, 1.54) is 35.7 Å². The number of aliphatic hydroxyl groups excluding tert-OH is 1. The van der Waals surface area contributed by atoms with Crippen LogP contribution >= 0.6 is 11.3 Å². The number of aliphatic hydroxyl groups is 1. The Kier molecular flexibility index (Phi) is 6.94. The highest BCUT2D eigenvalue weighted by molar-refractivity contribution is 7.22. The molecule has 0 fully saturated rings. The van der Waals surface area contributed by atoms with Gasteiger partial charge in [0.2, 0.25) is 5.78 Å². The molecule has 0 bridgehead atoms. The average Bonchev–Trinajstić information content (AvgIpc) is 3.62. The number of aryl methyl sites for hydroxylation is 1. The molecular formula is C29H28N2O6S. The van der Waals surface area contributed by atoms with Gasteiger partial charge in [0.25, 0.3) is 5.91 Å². The third-order valence-electron chi connectivity index (χ3n) is 6.39. The number of fused-ring (bicyclic) bond motifs is 1. The van der Waals surface area contributed by atoms with Crippen molar-refractivity contribution in [3.05, 3.63) is 83.0 Å². The van der Waals surface area contributed by atoms with Crippen LogP contribution in [0.3, 0.4) is 0 Å². The Hall–Kier alpha value is -4.11. The Balaban J connectivity index is 1.61. The smallest absolute Gasteiger partial charge is 0.296 e. The molecule has 1 aliphatic heterocycles. The minimum Gasteiger partial charge on any atom is -0.503 e. The van der Waals surface area contributed by atoms with Crippen LogP contribution < -0.4 is 14.4 Å². The van der Waals surface area contributed by atoms with E-state index in [0.717, 1.165) is 22.2 Å². The van der Waals surface area contributed by atoms with E-state index in [0.29, 0.717) is 34.7 Å². The van der Waals surface area contributed by atoms with Crippen molar-refractivity contribution in [2.24, 2.45) is 5.92 Å². The number of aromatic nitrogens is 1. The lowest BCUT2D eigenvalue weighted by atomic mass is 9.95. The normalized spacial score (nSPS) is 15.7. The Bertz CT molecular complexity index is 1540. The van der Waals surface area contributed by atoms with Crippen LogP contribution in [0, 0.1) is 12.8 Å². The van der Waals surface area contributed by atoms with Crippen LogP contribution in [0.25, 0.3) is 10.2 Å². The number of hydrogen-bond donors (Lipinski definition) is 1. The average molecular weight is 533 g/mol. The van der Waals surface area contributed by atoms with Crippen molar-refractivity contribution < 1.29 is 28.6 Å². The number of rotatable bonds is 9. The number of ketones is 1. The lowest BCUT2D eigenvalue weighted by molar-refractivity contribution is -0.117. The van der Waals surface area contributed by atoms with Crippen molar-refractivity contribution in [1.29, 1.82) is 0 Å². The van der Waals surface area contributed by atoms with Crippen molar-refractivity contribution in [1.82, 2.24) is 4.98 Å². The molecule has 1 atom stereocenters. The van der Waals surface area contributed by atoms with Gasteiger partial charge in [0.05, 0.1) is 41.8 Å². The lowest BCUT2D eigenvalue weighted by Gasteiger charge is -2.25. The first kappa shape index (κ1) is 25.5. The van der Waals surface area contributed by atoms with Crippen molar-refractivity contribution in [2.45, 2.75) is 33.2 Å². The number of nitrogens with zero attached hydrogens (tertiary/aromatic N) is 2. The molecule has 5 rings (SSSR count). The quantitative estimate of drug-likeness (QED) is 0.248. The van der Waals surface area contributed by atoms with Crippen molar-refractivity contribution >= 4 is 38.4 Å². The SMILES string of the molecule is COc1cc(C2C(C(=O)c3ccco3)=C(O)C(=O)N2c2nc3ccc(C)cc3s2)ccc1OCCC(C)C. The zero-order valence-corrected chi connectivity index (χ0v) is 22.4. The Morgan fingerprint density at radius 3 is 2.71 bits per heavy atom. The van der Waals surface area contributed by atoms with Crippen LogP contribution in [0.15, 0.2) is 70.5 Å². The van der Waals surface area contributed by atoms with Crippen LogP contribution in [-0.2, 0) is 4.79 Å². The summed E-state index contributed by atoms with van der Waals surface area (Å²) >= 11 is 1.32. The summed E-state index contributed by atoms with van der Waals surface area (Å²) in [6.07, 6.45) is 2.25. The lowest BCUT2D eigenvalue weighted by Crippen LogP contribution is -2.31. The predicted molar refractivity (Wildman–Crippen MR) is 145 cm³/mol. The molecular weight excluding hydrogens is 504 g/mol. The topological polar surface area (TPSA) is 102 Å². The second kappa shape index (κ2) is 10.3. The number of carbonyl (C=O) groups excluding carboxylic acids is 2. The number of methoxy groups -OCH3 is 1. The van der Waals surface area contributed by atoms with E-state index in [1.54, 1.807) is 24.3 Å². The summed E-state index contributed by atoms with van der Waals surface area (Å²) < 4.78 is 17.8. The molecule has 4 aromatic rings. The van der Waals surface area contributed by atoms with Crippen LogP contribution in [0.1, 0.15) is 48.0 Å². The van der Waals surface area contributed by atoms with Crippen LogP contribution in [0.5, 0.6) is 11.5 Å². The fraction of sp³-hybridized carbons (Fsp3) is 0.276. The van der Waals surface area contributed by atoms with Crippen LogP contribution in [-0.4, -0.2) is 35.5 Å². The predicted octanol–water partition coefficient (Wildman–Crippen LogP) is 6.41. The third-order valence-corrected chi connectivity index (χ3v) is 7.41. The molecule has 0 aliphatic carbocycles. The molecule has 1 N–H and O–H groups in total. The highest BCUT2D eigenvalue weighted by atomic mass is 32.1. The number of thiazole rings is 1. The maximum absolute atomic E-state index is 13.5. The number of Topliss-reactive ketones (excluding diaryl/α,β-unsaturated/α-hetero) is 1. The molecule has 8 nitrogen and oxygen atoms in total. The van der Waals surface area contributed by atoms with Gasteiger partial charge in [-0.05, 0) is 66.8 Å². The maximum Gasteiger partial charge on any atom is 0.296 e. The van der Waals surface area contributed by atoms with Gasteiger partial charge >= 0.3 is 0 Å². The first-order valence-electron chi connectivity index (χ1n) is 12.3. The van der Waals surface area contributed by atoms with Gasteiger partial charge in [0.1, 0.15) is 0 Å². The van der Waals surface area contributed by atoms with Crippen molar-refractivity contribution in [3.8, 4) is 11.5 Å². The summed E-state index contributed by atoms with van der Waals surface area (Å²) in [5.41, 5.74) is 2.25. The van der Waals surface area contributed by atoms with E-state index in [9.17, 15) is 14.7 Å². The van der Waals surface area contributed by atoms with Gasteiger partial charge in [-0.25, -0.2) is 4.98 Å². The Morgan fingerprint density at radius 1 is 1.18 bits per heavy atom. The molecule has 9 heteroatoms.